The Kier molecular flexibility index (Phi) is 4.48. The van der Waals surface area contributed by atoms with Crippen molar-refractivity contribution in [3.05, 3.63) is 53.0 Å². The molecule has 5 nitrogen and oxygen atoms in total. The third-order valence-corrected chi connectivity index (χ3v) is 5.06. The molecule has 0 saturated heterocycles. The molecule has 1 atom stereocenters. The molecule has 0 saturated carbocycles. The van der Waals surface area contributed by atoms with Gasteiger partial charge in [0.25, 0.3) is 0 Å². The molecule has 4 rings (SSSR count). The Morgan fingerprint density at radius 1 is 1.04 bits per heavy atom. The predicted octanol–water partition coefficient (Wildman–Crippen LogP) is 4.20. The van der Waals surface area contributed by atoms with E-state index in [-0.39, 0.29) is 6.10 Å². The molecule has 27 heavy (non-hydrogen) atoms. The maximum Gasteiger partial charge on any atom is 0.140 e. The smallest absolute Gasteiger partial charge is 0.140 e. The quantitative estimate of drug-likeness (QED) is 0.741. The Bertz CT molecular complexity index is 987. The van der Waals surface area contributed by atoms with Crippen molar-refractivity contribution in [1.29, 1.82) is 0 Å². The van der Waals surface area contributed by atoms with Gasteiger partial charge in [-0.05, 0) is 63.6 Å². The summed E-state index contributed by atoms with van der Waals surface area (Å²) in [5, 5.41) is 9.91. The molecule has 1 N–H and O–H groups in total. The highest BCUT2D eigenvalue weighted by atomic mass is 16.5. The van der Waals surface area contributed by atoms with E-state index >= 15 is 0 Å². The van der Waals surface area contributed by atoms with Crippen LogP contribution in [0.4, 0.5) is 0 Å². The van der Waals surface area contributed by atoms with Gasteiger partial charge in [-0.3, -0.25) is 4.98 Å². The topological polar surface area (TPSA) is 60.2 Å². The second-order valence-corrected chi connectivity index (χ2v) is 7.41. The molecule has 1 aromatic carbocycles. The van der Waals surface area contributed by atoms with Crippen molar-refractivity contribution < 1.29 is 9.84 Å². The van der Waals surface area contributed by atoms with E-state index < -0.39 is 0 Å². The highest BCUT2D eigenvalue weighted by molar-refractivity contribution is 5.69. The fourth-order valence-electron chi connectivity index (χ4n) is 3.82. The Balaban J connectivity index is 1.94. The van der Waals surface area contributed by atoms with E-state index in [1.807, 2.05) is 32.9 Å². The SMILES string of the molecule is Cc1cc(-c2nc(-c3ccc(O)c(C)c3)n3c2CCOC(C)C3)cc(C)n1. The van der Waals surface area contributed by atoms with Gasteiger partial charge in [0.15, 0.2) is 0 Å². The minimum atomic E-state index is 0.131. The van der Waals surface area contributed by atoms with Crippen LogP contribution in [0.3, 0.4) is 0 Å². The Morgan fingerprint density at radius 2 is 1.78 bits per heavy atom. The Morgan fingerprint density at radius 3 is 2.48 bits per heavy atom. The summed E-state index contributed by atoms with van der Waals surface area (Å²) in [6.07, 6.45) is 0.954. The standard InChI is InChI=1S/C22H25N3O2/c1-13-9-17(5-6-20(13)26)22-24-21(18-10-14(2)23-15(3)11-18)19-7-8-27-16(4)12-25(19)22/h5-6,9-11,16,26H,7-8,12H2,1-4H3. The van der Waals surface area contributed by atoms with Crippen molar-refractivity contribution >= 4 is 0 Å². The van der Waals surface area contributed by atoms with Crippen LogP contribution in [0.2, 0.25) is 0 Å². The van der Waals surface area contributed by atoms with Gasteiger partial charge in [-0.1, -0.05) is 0 Å². The predicted molar refractivity (Wildman–Crippen MR) is 106 cm³/mol. The third kappa shape index (κ3) is 3.35. The highest BCUT2D eigenvalue weighted by Crippen LogP contribution is 2.33. The van der Waals surface area contributed by atoms with Crippen LogP contribution in [-0.2, 0) is 17.7 Å². The van der Waals surface area contributed by atoms with Gasteiger partial charge in [0, 0.05) is 34.6 Å². The zero-order valence-corrected chi connectivity index (χ0v) is 16.3. The molecular formula is C22H25N3O2. The third-order valence-electron chi connectivity index (χ3n) is 5.06. The number of benzene rings is 1. The number of ether oxygens (including phenoxy) is 1. The lowest BCUT2D eigenvalue weighted by Gasteiger charge is -2.13. The zero-order chi connectivity index (χ0) is 19.1. The number of hydrogen-bond acceptors (Lipinski definition) is 4. The van der Waals surface area contributed by atoms with Gasteiger partial charge in [0.05, 0.1) is 24.9 Å². The number of phenols is 1. The number of aromatic nitrogens is 3. The van der Waals surface area contributed by atoms with Crippen LogP contribution in [0.15, 0.2) is 30.3 Å². The van der Waals surface area contributed by atoms with E-state index in [1.54, 1.807) is 6.07 Å². The first-order chi connectivity index (χ1) is 12.9. The minimum Gasteiger partial charge on any atom is -0.508 e. The van der Waals surface area contributed by atoms with Crippen molar-refractivity contribution in [2.75, 3.05) is 6.61 Å². The molecule has 3 heterocycles. The van der Waals surface area contributed by atoms with Crippen LogP contribution >= 0.6 is 0 Å². The maximum absolute atomic E-state index is 9.91. The summed E-state index contributed by atoms with van der Waals surface area (Å²) >= 11 is 0. The van der Waals surface area contributed by atoms with Gasteiger partial charge in [-0.2, -0.15) is 0 Å². The number of aryl methyl sites for hydroxylation is 3. The minimum absolute atomic E-state index is 0.131. The van der Waals surface area contributed by atoms with E-state index in [9.17, 15) is 5.11 Å². The number of nitrogens with zero attached hydrogens (tertiary/aromatic N) is 3. The molecule has 3 aromatic rings. The van der Waals surface area contributed by atoms with E-state index in [1.165, 1.54) is 5.69 Å². The lowest BCUT2D eigenvalue weighted by atomic mass is 10.1. The second-order valence-electron chi connectivity index (χ2n) is 7.41. The van der Waals surface area contributed by atoms with Crippen LogP contribution < -0.4 is 0 Å². The van der Waals surface area contributed by atoms with E-state index in [0.29, 0.717) is 12.4 Å². The van der Waals surface area contributed by atoms with Crippen molar-refractivity contribution in [3.63, 3.8) is 0 Å². The first-order valence-electron chi connectivity index (χ1n) is 9.39. The van der Waals surface area contributed by atoms with Gasteiger partial charge < -0.3 is 14.4 Å². The largest absolute Gasteiger partial charge is 0.508 e. The lowest BCUT2D eigenvalue weighted by molar-refractivity contribution is 0.0666. The van der Waals surface area contributed by atoms with Crippen LogP contribution in [0.5, 0.6) is 5.75 Å². The fraction of sp³-hybridized carbons (Fsp3) is 0.364. The molecule has 0 radical (unpaired) electrons. The van der Waals surface area contributed by atoms with E-state index in [2.05, 4.69) is 28.6 Å². The molecule has 0 aliphatic carbocycles. The summed E-state index contributed by atoms with van der Waals surface area (Å²) in [6.45, 7) is 9.49. The van der Waals surface area contributed by atoms with Gasteiger partial charge in [0.1, 0.15) is 11.6 Å². The van der Waals surface area contributed by atoms with E-state index in [0.717, 1.165) is 52.6 Å². The Labute approximate surface area is 159 Å². The number of imidazole rings is 1. The monoisotopic (exact) mass is 363 g/mol. The number of pyridine rings is 1. The van der Waals surface area contributed by atoms with Crippen molar-refractivity contribution in [3.8, 4) is 28.4 Å². The molecule has 1 aliphatic heterocycles. The summed E-state index contributed by atoms with van der Waals surface area (Å²) in [7, 11) is 0. The molecule has 2 aromatic heterocycles. The number of rotatable bonds is 2. The summed E-state index contributed by atoms with van der Waals surface area (Å²) in [6, 6.07) is 9.85. The Hall–Kier alpha value is -2.66. The van der Waals surface area contributed by atoms with Gasteiger partial charge >= 0.3 is 0 Å². The van der Waals surface area contributed by atoms with Crippen molar-refractivity contribution in [1.82, 2.24) is 14.5 Å². The molecule has 0 spiro atoms. The molecule has 0 fully saturated rings. The van der Waals surface area contributed by atoms with Gasteiger partial charge in [-0.15, -0.1) is 0 Å². The number of fused-ring (bicyclic) bond motifs is 1. The molecule has 0 bridgehead atoms. The number of phenolic OH excluding ortho intramolecular Hbond substituents is 1. The van der Waals surface area contributed by atoms with Crippen molar-refractivity contribution in [2.45, 2.75) is 46.8 Å². The fourth-order valence-corrected chi connectivity index (χ4v) is 3.82. The van der Waals surface area contributed by atoms with Crippen LogP contribution in [0.25, 0.3) is 22.6 Å². The zero-order valence-electron chi connectivity index (χ0n) is 16.3. The van der Waals surface area contributed by atoms with Crippen LogP contribution in [0.1, 0.15) is 29.6 Å². The summed E-state index contributed by atoms with van der Waals surface area (Å²) in [5.41, 5.74) is 7.14. The second kappa shape index (κ2) is 6.82. The molecule has 1 aliphatic rings. The number of hydrogen-bond donors (Lipinski definition) is 1. The molecule has 5 heteroatoms. The molecule has 140 valence electrons. The molecule has 1 unspecified atom stereocenters. The van der Waals surface area contributed by atoms with Gasteiger partial charge in [0.2, 0.25) is 0 Å². The van der Waals surface area contributed by atoms with Crippen LogP contribution in [0, 0.1) is 20.8 Å². The highest BCUT2D eigenvalue weighted by Gasteiger charge is 2.24. The molecule has 0 amide bonds. The van der Waals surface area contributed by atoms with E-state index in [4.69, 9.17) is 9.72 Å². The average molecular weight is 363 g/mol. The molecular weight excluding hydrogens is 338 g/mol. The summed E-state index contributed by atoms with van der Waals surface area (Å²) in [4.78, 5) is 9.56. The summed E-state index contributed by atoms with van der Waals surface area (Å²) < 4.78 is 8.20. The van der Waals surface area contributed by atoms with Crippen LogP contribution in [-0.4, -0.2) is 32.4 Å². The number of aromatic hydroxyl groups is 1. The first-order valence-corrected chi connectivity index (χ1v) is 9.39. The summed E-state index contributed by atoms with van der Waals surface area (Å²) in [5.74, 6) is 1.23. The normalized spacial score (nSPS) is 16.8. The first kappa shape index (κ1) is 17.7. The van der Waals surface area contributed by atoms with Gasteiger partial charge in [-0.25, -0.2) is 4.98 Å². The maximum atomic E-state index is 9.91. The lowest BCUT2D eigenvalue weighted by Crippen LogP contribution is -2.15. The van der Waals surface area contributed by atoms with Crippen molar-refractivity contribution in [2.24, 2.45) is 0 Å². The average Bonchev–Trinajstić information content (AvgIpc) is 2.83.